The number of carbonyl (C=O) groups is 2. The van der Waals surface area contributed by atoms with Crippen molar-refractivity contribution in [3.63, 3.8) is 0 Å². The van der Waals surface area contributed by atoms with Gasteiger partial charge in [0.15, 0.2) is 0 Å². The molecule has 1 aliphatic heterocycles. The lowest BCUT2D eigenvalue weighted by molar-refractivity contribution is 0.0757. The van der Waals surface area contributed by atoms with Crippen LogP contribution in [0, 0.1) is 5.82 Å². The second kappa shape index (κ2) is 8.06. The molecule has 1 N–H and O–H groups in total. The summed E-state index contributed by atoms with van der Waals surface area (Å²) in [6.45, 7) is 2.39. The van der Waals surface area contributed by atoms with Gasteiger partial charge in [0.25, 0.3) is 5.91 Å². The zero-order chi connectivity index (χ0) is 17.6. The molecular formula is C17H19FN4O2S. The van der Waals surface area contributed by atoms with Gasteiger partial charge in [-0.3, -0.25) is 4.79 Å². The SMILES string of the molecule is O=C(NCc1cccc(F)c1)N1CCCN(C(=O)c2cscn2)CC1. The highest BCUT2D eigenvalue weighted by atomic mass is 32.1. The van der Waals surface area contributed by atoms with Crippen molar-refractivity contribution < 1.29 is 14.0 Å². The van der Waals surface area contributed by atoms with Crippen LogP contribution in [0.1, 0.15) is 22.5 Å². The molecular weight excluding hydrogens is 343 g/mol. The Morgan fingerprint density at radius 2 is 2.00 bits per heavy atom. The van der Waals surface area contributed by atoms with Gasteiger partial charge < -0.3 is 15.1 Å². The third-order valence-corrected chi connectivity index (χ3v) is 4.64. The molecule has 1 saturated heterocycles. The van der Waals surface area contributed by atoms with E-state index in [0.717, 1.165) is 0 Å². The van der Waals surface area contributed by atoms with Gasteiger partial charge in [-0.15, -0.1) is 11.3 Å². The van der Waals surface area contributed by atoms with E-state index in [0.29, 0.717) is 43.9 Å². The summed E-state index contributed by atoms with van der Waals surface area (Å²) >= 11 is 1.39. The molecule has 6 nitrogen and oxygen atoms in total. The Kier molecular flexibility index (Phi) is 5.60. The van der Waals surface area contributed by atoms with Crippen molar-refractivity contribution in [1.82, 2.24) is 20.1 Å². The summed E-state index contributed by atoms with van der Waals surface area (Å²) in [4.78, 5) is 32.1. The normalized spacial score (nSPS) is 14.9. The maximum Gasteiger partial charge on any atom is 0.317 e. The zero-order valence-electron chi connectivity index (χ0n) is 13.7. The Labute approximate surface area is 149 Å². The van der Waals surface area contributed by atoms with Crippen LogP contribution in [0.25, 0.3) is 0 Å². The van der Waals surface area contributed by atoms with Gasteiger partial charge in [0, 0.05) is 38.1 Å². The fraction of sp³-hybridized carbons (Fsp3) is 0.353. The smallest absolute Gasteiger partial charge is 0.317 e. The summed E-state index contributed by atoms with van der Waals surface area (Å²) < 4.78 is 13.2. The predicted molar refractivity (Wildman–Crippen MR) is 92.8 cm³/mol. The third kappa shape index (κ3) is 4.54. The van der Waals surface area contributed by atoms with E-state index < -0.39 is 0 Å². The molecule has 2 aromatic rings. The van der Waals surface area contributed by atoms with Crippen LogP contribution in [-0.4, -0.2) is 52.9 Å². The highest BCUT2D eigenvalue weighted by molar-refractivity contribution is 7.07. The van der Waals surface area contributed by atoms with Gasteiger partial charge in [0.05, 0.1) is 5.51 Å². The minimum absolute atomic E-state index is 0.0942. The minimum Gasteiger partial charge on any atom is -0.335 e. The average molecular weight is 362 g/mol. The molecule has 8 heteroatoms. The Balaban J connectivity index is 1.52. The molecule has 0 saturated carbocycles. The van der Waals surface area contributed by atoms with Crippen LogP contribution in [0.4, 0.5) is 9.18 Å². The fourth-order valence-electron chi connectivity index (χ4n) is 2.74. The predicted octanol–water partition coefficient (Wildman–Crippen LogP) is 2.34. The van der Waals surface area contributed by atoms with Gasteiger partial charge in [-0.05, 0) is 24.1 Å². The number of aromatic nitrogens is 1. The van der Waals surface area contributed by atoms with E-state index in [1.54, 1.807) is 32.8 Å². The molecule has 0 spiro atoms. The van der Waals surface area contributed by atoms with Crippen LogP contribution in [0.2, 0.25) is 0 Å². The van der Waals surface area contributed by atoms with Crippen molar-refractivity contribution in [3.05, 3.63) is 52.2 Å². The fourth-order valence-corrected chi connectivity index (χ4v) is 3.27. The van der Waals surface area contributed by atoms with E-state index in [-0.39, 0.29) is 24.3 Å². The van der Waals surface area contributed by atoms with Crippen LogP contribution in [0.3, 0.4) is 0 Å². The molecule has 25 heavy (non-hydrogen) atoms. The third-order valence-electron chi connectivity index (χ3n) is 4.05. The number of hydrogen-bond donors (Lipinski definition) is 1. The molecule has 1 aromatic heterocycles. The van der Waals surface area contributed by atoms with Gasteiger partial charge in [0.2, 0.25) is 0 Å². The van der Waals surface area contributed by atoms with Crippen molar-refractivity contribution in [2.75, 3.05) is 26.2 Å². The first-order chi connectivity index (χ1) is 12.1. The second-order valence-corrected chi connectivity index (χ2v) is 6.51. The first kappa shape index (κ1) is 17.3. The summed E-state index contributed by atoms with van der Waals surface area (Å²) in [6.07, 6.45) is 0.712. The Hall–Kier alpha value is -2.48. The molecule has 0 radical (unpaired) electrons. The van der Waals surface area contributed by atoms with Crippen LogP contribution in [-0.2, 0) is 6.54 Å². The average Bonchev–Trinajstić information content (AvgIpc) is 3.03. The lowest BCUT2D eigenvalue weighted by atomic mass is 10.2. The Morgan fingerprint density at radius 1 is 1.20 bits per heavy atom. The first-order valence-electron chi connectivity index (χ1n) is 8.08. The molecule has 0 bridgehead atoms. The Morgan fingerprint density at radius 3 is 2.76 bits per heavy atom. The van der Waals surface area contributed by atoms with E-state index >= 15 is 0 Å². The number of amides is 3. The van der Waals surface area contributed by atoms with Crippen LogP contribution < -0.4 is 5.32 Å². The van der Waals surface area contributed by atoms with Crippen molar-refractivity contribution >= 4 is 23.3 Å². The lowest BCUT2D eigenvalue weighted by Crippen LogP contribution is -2.42. The largest absolute Gasteiger partial charge is 0.335 e. The van der Waals surface area contributed by atoms with Crippen molar-refractivity contribution in [1.29, 1.82) is 0 Å². The minimum atomic E-state index is -0.322. The Bertz CT molecular complexity index is 738. The number of nitrogens with zero attached hydrogens (tertiary/aromatic N) is 3. The lowest BCUT2D eigenvalue weighted by Gasteiger charge is -2.22. The summed E-state index contributed by atoms with van der Waals surface area (Å²) in [5.41, 5.74) is 2.80. The number of carbonyl (C=O) groups excluding carboxylic acids is 2. The second-order valence-electron chi connectivity index (χ2n) is 5.80. The van der Waals surface area contributed by atoms with Gasteiger partial charge in [-0.2, -0.15) is 0 Å². The van der Waals surface area contributed by atoms with E-state index in [1.807, 2.05) is 0 Å². The molecule has 3 amide bonds. The molecule has 0 atom stereocenters. The van der Waals surface area contributed by atoms with E-state index in [2.05, 4.69) is 10.3 Å². The summed E-state index contributed by atoms with van der Waals surface area (Å²) in [5.74, 6) is -0.416. The standard InChI is InChI=1S/C17H19FN4O2S/c18-14-4-1-3-13(9-14)10-19-17(24)22-6-2-5-21(7-8-22)16(23)15-11-25-12-20-15/h1,3-4,9,11-12H,2,5-8,10H2,(H,19,24). The van der Waals surface area contributed by atoms with Crippen LogP contribution in [0.5, 0.6) is 0 Å². The molecule has 1 aliphatic rings. The van der Waals surface area contributed by atoms with E-state index in [4.69, 9.17) is 0 Å². The zero-order valence-corrected chi connectivity index (χ0v) is 14.5. The highest BCUT2D eigenvalue weighted by Crippen LogP contribution is 2.10. The van der Waals surface area contributed by atoms with E-state index in [9.17, 15) is 14.0 Å². The molecule has 132 valence electrons. The van der Waals surface area contributed by atoms with Gasteiger partial charge in [0.1, 0.15) is 11.5 Å². The topological polar surface area (TPSA) is 65.5 Å². The quantitative estimate of drug-likeness (QED) is 0.911. The number of halogens is 1. The van der Waals surface area contributed by atoms with Crippen LogP contribution in [0.15, 0.2) is 35.2 Å². The first-order valence-corrected chi connectivity index (χ1v) is 9.02. The maximum absolute atomic E-state index is 13.2. The summed E-state index contributed by atoms with van der Waals surface area (Å²) in [5, 5.41) is 4.53. The number of nitrogens with one attached hydrogen (secondary N) is 1. The highest BCUT2D eigenvalue weighted by Gasteiger charge is 2.23. The van der Waals surface area contributed by atoms with Crippen molar-refractivity contribution in [2.24, 2.45) is 0 Å². The van der Waals surface area contributed by atoms with Crippen molar-refractivity contribution in [2.45, 2.75) is 13.0 Å². The molecule has 2 heterocycles. The summed E-state index contributed by atoms with van der Waals surface area (Å²) in [7, 11) is 0. The van der Waals surface area contributed by atoms with Gasteiger partial charge in [-0.1, -0.05) is 12.1 Å². The van der Waals surface area contributed by atoms with E-state index in [1.165, 1.54) is 23.5 Å². The van der Waals surface area contributed by atoms with Gasteiger partial charge >= 0.3 is 6.03 Å². The number of thiazole rings is 1. The number of hydrogen-bond acceptors (Lipinski definition) is 4. The maximum atomic E-state index is 13.2. The number of benzene rings is 1. The molecule has 0 unspecified atom stereocenters. The van der Waals surface area contributed by atoms with Crippen molar-refractivity contribution in [3.8, 4) is 0 Å². The number of rotatable bonds is 3. The van der Waals surface area contributed by atoms with Crippen LogP contribution >= 0.6 is 11.3 Å². The number of urea groups is 1. The molecule has 0 aliphatic carbocycles. The monoisotopic (exact) mass is 362 g/mol. The molecule has 3 rings (SSSR count). The molecule has 1 aromatic carbocycles. The summed E-state index contributed by atoms with van der Waals surface area (Å²) in [6, 6.07) is 5.95. The van der Waals surface area contributed by atoms with Gasteiger partial charge in [-0.25, -0.2) is 14.2 Å². The molecule has 1 fully saturated rings.